The van der Waals surface area contributed by atoms with Gasteiger partial charge in [0.2, 0.25) is 11.1 Å². The number of pyridine rings is 1. The number of fused-ring (bicyclic) bond motifs is 1. The van der Waals surface area contributed by atoms with E-state index < -0.39 is 10.0 Å². The van der Waals surface area contributed by atoms with E-state index in [4.69, 9.17) is 0 Å². The summed E-state index contributed by atoms with van der Waals surface area (Å²) in [4.78, 5) is 8.17. The Morgan fingerprint density at radius 3 is 2.90 bits per heavy atom. The van der Waals surface area contributed by atoms with Crippen LogP contribution >= 0.6 is 11.8 Å². The number of aromatic amines is 1. The number of H-pyrrole nitrogens is 1. The van der Waals surface area contributed by atoms with Crippen LogP contribution in [0.5, 0.6) is 0 Å². The first-order valence-electron chi connectivity index (χ1n) is 5.92. The van der Waals surface area contributed by atoms with Crippen LogP contribution < -0.4 is 4.72 Å². The summed E-state index contributed by atoms with van der Waals surface area (Å²) < 4.78 is 27.4. The van der Waals surface area contributed by atoms with E-state index in [0.717, 1.165) is 5.39 Å². The van der Waals surface area contributed by atoms with Crippen LogP contribution in [0.1, 0.15) is 0 Å². The number of anilines is 1. The zero-order valence-corrected chi connectivity index (χ0v) is 12.6. The molecule has 0 unspecified atom stereocenters. The van der Waals surface area contributed by atoms with E-state index >= 15 is 0 Å². The third kappa shape index (κ3) is 2.69. The van der Waals surface area contributed by atoms with Crippen molar-refractivity contribution >= 4 is 38.5 Å². The highest BCUT2D eigenvalue weighted by Crippen LogP contribution is 2.23. The third-order valence-electron chi connectivity index (χ3n) is 2.81. The van der Waals surface area contributed by atoms with Crippen LogP contribution in [0.4, 0.5) is 5.95 Å². The Hall–Kier alpha value is -2.13. The summed E-state index contributed by atoms with van der Waals surface area (Å²) >= 11 is 1.32. The van der Waals surface area contributed by atoms with Gasteiger partial charge >= 0.3 is 0 Å². The largest absolute Gasteiger partial charge is 0.264 e. The molecule has 0 spiro atoms. The van der Waals surface area contributed by atoms with Gasteiger partial charge < -0.3 is 0 Å². The lowest BCUT2D eigenvalue weighted by molar-refractivity contribution is 0.601. The minimum absolute atomic E-state index is 0.0883. The number of hydrogen-bond acceptors (Lipinski definition) is 6. The first-order chi connectivity index (χ1) is 10.1. The summed E-state index contributed by atoms with van der Waals surface area (Å²) in [6.07, 6.45) is 4.98. The topological polar surface area (TPSA) is 101 Å². The molecule has 21 heavy (non-hydrogen) atoms. The molecule has 7 nitrogen and oxygen atoms in total. The Morgan fingerprint density at radius 1 is 1.29 bits per heavy atom. The lowest BCUT2D eigenvalue weighted by Gasteiger charge is -2.07. The molecule has 0 aliphatic rings. The number of rotatable bonds is 4. The van der Waals surface area contributed by atoms with Gasteiger partial charge in [-0.1, -0.05) is 23.9 Å². The Bertz CT molecular complexity index is 886. The number of sulfonamides is 1. The van der Waals surface area contributed by atoms with Crippen molar-refractivity contribution in [1.82, 2.24) is 20.2 Å². The molecule has 0 saturated heterocycles. The SMILES string of the molecule is CSc1n[nH]c(NS(=O)(=O)c2cccc3cnccc23)n1. The van der Waals surface area contributed by atoms with Crippen LogP contribution in [0.15, 0.2) is 46.7 Å². The van der Waals surface area contributed by atoms with Gasteiger partial charge in [0.25, 0.3) is 10.0 Å². The van der Waals surface area contributed by atoms with E-state index in [1.54, 1.807) is 30.8 Å². The minimum Gasteiger partial charge on any atom is -0.264 e. The normalized spacial score (nSPS) is 11.7. The van der Waals surface area contributed by atoms with Gasteiger partial charge in [0.05, 0.1) is 4.90 Å². The molecule has 0 aliphatic carbocycles. The molecular weight excluding hydrogens is 310 g/mol. The average molecular weight is 321 g/mol. The quantitative estimate of drug-likeness (QED) is 0.712. The van der Waals surface area contributed by atoms with E-state index in [0.29, 0.717) is 10.5 Å². The van der Waals surface area contributed by atoms with Crippen LogP contribution in [0.3, 0.4) is 0 Å². The predicted molar refractivity (Wildman–Crippen MR) is 80.7 cm³/mol. The van der Waals surface area contributed by atoms with Gasteiger partial charge in [-0.2, -0.15) is 4.98 Å². The first-order valence-corrected chi connectivity index (χ1v) is 8.63. The highest BCUT2D eigenvalue weighted by molar-refractivity contribution is 7.98. The fourth-order valence-corrected chi connectivity index (χ4v) is 3.40. The van der Waals surface area contributed by atoms with Gasteiger partial charge in [0.1, 0.15) is 0 Å². The summed E-state index contributed by atoms with van der Waals surface area (Å²) in [6, 6.07) is 6.68. The molecule has 1 aromatic carbocycles. The lowest BCUT2D eigenvalue weighted by Crippen LogP contribution is -2.14. The Balaban J connectivity index is 2.04. The number of hydrogen-bond donors (Lipinski definition) is 2. The van der Waals surface area contributed by atoms with E-state index in [9.17, 15) is 8.42 Å². The number of nitrogens with one attached hydrogen (secondary N) is 2. The smallest absolute Gasteiger partial charge is 0.264 e. The molecule has 2 aromatic heterocycles. The van der Waals surface area contributed by atoms with Crippen molar-refractivity contribution in [2.45, 2.75) is 10.1 Å². The molecule has 0 atom stereocenters. The molecule has 108 valence electrons. The van der Waals surface area contributed by atoms with E-state index in [2.05, 4.69) is 24.9 Å². The number of aromatic nitrogens is 4. The van der Waals surface area contributed by atoms with E-state index in [-0.39, 0.29) is 10.8 Å². The van der Waals surface area contributed by atoms with Crippen molar-refractivity contribution in [1.29, 1.82) is 0 Å². The van der Waals surface area contributed by atoms with Gasteiger partial charge in [-0.25, -0.2) is 18.2 Å². The second kappa shape index (κ2) is 5.34. The Morgan fingerprint density at radius 2 is 2.14 bits per heavy atom. The van der Waals surface area contributed by atoms with Gasteiger partial charge in [-0.05, 0) is 18.4 Å². The standard InChI is InChI=1S/C12H11N5O2S2/c1-20-12-14-11(15-16-12)17-21(18,19)10-4-2-3-8-7-13-6-5-9(8)10/h2-7H,1H3,(H2,14,15,16,17). The molecule has 3 rings (SSSR count). The molecule has 0 amide bonds. The van der Waals surface area contributed by atoms with Crippen LogP contribution in [0, 0.1) is 0 Å². The average Bonchev–Trinajstić information content (AvgIpc) is 2.93. The van der Waals surface area contributed by atoms with Crippen LogP contribution in [0.25, 0.3) is 10.8 Å². The van der Waals surface area contributed by atoms with E-state index in [1.807, 2.05) is 6.07 Å². The molecule has 9 heteroatoms. The zero-order valence-electron chi connectivity index (χ0n) is 10.9. The number of nitrogens with zero attached hydrogens (tertiary/aromatic N) is 3. The van der Waals surface area contributed by atoms with Crippen LogP contribution in [-0.2, 0) is 10.0 Å². The van der Waals surface area contributed by atoms with E-state index in [1.165, 1.54) is 17.8 Å². The molecule has 0 bridgehead atoms. The maximum Gasteiger partial charge on any atom is 0.264 e. The highest BCUT2D eigenvalue weighted by Gasteiger charge is 2.19. The molecule has 2 heterocycles. The maximum absolute atomic E-state index is 12.5. The fourth-order valence-electron chi connectivity index (χ4n) is 1.89. The maximum atomic E-state index is 12.5. The first kappa shape index (κ1) is 13.8. The predicted octanol–water partition coefficient (Wildman–Crippen LogP) is 1.88. The van der Waals surface area contributed by atoms with Crippen molar-refractivity contribution in [3.63, 3.8) is 0 Å². The number of thioether (sulfide) groups is 1. The molecule has 0 saturated carbocycles. The zero-order chi connectivity index (χ0) is 14.9. The molecule has 0 aliphatic heterocycles. The second-order valence-electron chi connectivity index (χ2n) is 4.13. The third-order valence-corrected chi connectivity index (χ3v) is 4.75. The summed E-state index contributed by atoms with van der Waals surface area (Å²) in [7, 11) is -3.76. The number of benzene rings is 1. The van der Waals surface area contributed by atoms with Gasteiger partial charge in [-0.15, -0.1) is 5.10 Å². The highest BCUT2D eigenvalue weighted by atomic mass is 32.2. The summed E-state index contributed by atoms with van der Waals surface area (Å²) in [5, 5.41) is 8.23. The van der Waals surface area contributed by atoms with Crippen molar-refractivity contribution in [3.8, 4) is 0 Å². The van der Waals surface area contributed by atoms with Gasteiger partial charge in [-0.3, -0.25) is 4.98 Å². The monoisotopic (exact) mass is 321 g/mol. The van der Waals surface area contributed by atoms with Crippen molar-refractivity contribution < 1.29 is 8.42 Å². The minimum atomic E-state index is -3.76. The molecule has 0 fully saturated rings. The Labute approximate surface area is 125 Å². The summed E-state index contributed by atoms with van der Waals surface area (Å²) in [5.41, 5.74) is 0. The van der Waals surface area contributed by atoms with Crippen LogP contribution in [-0.4, -0.2) is 34.8 Å². The van der Waals surface area contributed by atoms with Crippen molar-refractivity contribution in [3.05, 3.63) is 36.7 Å². The van der Waals surface area contributed by atoms with Crippen molar-refractivity contribution in [2.75, 3.05) is 11.0 Å². The van der Waals surface area contributed by atoms with Crippen LogP contribution in [0.2, 0.25) is 0 Å². The summed E-state index contributed by atoms with van der Waals surface area (Å²) in [5.74, 6) is 0.0883. The molecule has 2 N–H and O–H groups in total. The lowest BCUT2D eigenvalue weighted by atomic mass is 10.2. The molecular formula is C12H11N5O2S2. The summed E-state index contributed by atoms with van der Waals surface area (Å²) in [6.45, 7) is 0. The fraction of sp³-hybridized carbons (Fsp3) is 0.0833. The second-order valence-corrected chi connectivity index (χ2v) is 6.55. The molecule has 0 radical (unpaired) electrons. The van der Waals surface area contributed by atoms with Gasteiger partial charge in [0, 0.05) is 23.2 Å². The Kier molecular flexibility index (Phi) is 3.52. The van der Waals surface area contributed by atoms with Crippen molar-refractivity contribution in [2.24, 2.45) is 0 Å². The molecule has 3 aromatic rings. The van der Waals surface area contributed by atoms with Gasteiger partial charge in [0.15, 0.2) is 0 Å².